The van der Waals surface area contributed by atoms with Gasteiger partial charge in [-0.25, -0.2) is 4.79 Å². The van der Waals surface area contributed by atoms with Crippen LogP contribution in [0.3, 0.4) is 0 Å². The number of pyridine rings is 1. The number of para-hydroxylation sites is 1. The zero-order valence-electron chi connectivity index (χ0n) is 15.0. The molecule has 0 saturated heterocycles. The third kappa shape index (κ3) is 3.37. The van der Waals surface area contributed by atoms with Gasteiger partial charge < -0.3 is 9.64 Å². The lowest BCUT2D eigenvalue weighted by molar-refractivity contribution is 0.171. The number of hydrogen-bond donors (Lipinski definition) is 0. The fourth-order valence-electron chi connectivity index (χ4n) is 2.75. The molecule has 2 aromatic carbocycles. The van der Waals surface area contributed by atoms with Gasteiger partial charge in [0.1, 0.15) is 5.75 Å². The summed E-state index contributed by atoms with van der Waals surface area (Å²) in [5, 5.41) is 0. The predicted octanol–water partition coefficient (Wildman–Crippen LogP) is 3.87. The first-order chi connectivity index (χ1) is 12.5. The van der Waals surface area contributed by atoms with Crippen molar-refractivity contribution in [1.29, 1.82) is 0 Å². The summed E-state index contributed by atoms with van der Waals surface area (Å²) in [6.07, 6.45) is -0.524. The van der Waals surface area contributed by atoms with Crippen LogP contribution in [0.5, 0.6) is 5.75 Å². The number of ether oxygens (including phenoxy) is 1. The topological polar surface area (TPSA) is 51.5 Å². The molecule has 5 heteroatoms. The van der Waals surface area contributed by atoms with Gasteiger partial charge in [-0.15, -0.1) is 0 Å². The lowest BCUT2D eigenvalue weighted by atomic mass is 10.0. The molecule has 0 spiro atoms. The molecule has 0 atom stereocenters. The lowest BCUT2D eigenvalue weighted by Gasteiger charge is -2.19. The van der Waals surface area contributed by atoms with Crippen molar-refractivity contribution in [3.05, 3.63) is 82.6 Å². The first-order valence-corrected chi connectivity index (χ1v) is 8.25. The van der Waals surface area contributed by atoms with Crippen LogP contribution < -0.4 is 10.3 Å². The normalized spacial score (nSPS) is 10.4. The number of benzene rings is 2. The van der Waals surface area contributed by atoms with E-state index in [1.54, 1.807) is 18.7 Å². The summed E-state index contributed by atoms with van der Waals surface area (Å²) in [6.45, 7) is 1.85. The Morgan fingerprint density at radius 3 is 2.12 bits per heavy atom. The summed E-state index contributed by atoms with van der Waals surface area (Å²) >= 11 is 0. The summed E-state index contributed by atoms with van der Waals surface area (Å²) in [5.74, 6) is 0.264. The zero-order valence-corrected chi connectivity index (χ0v) is 15.0. The molecule has 1 heterocycles. The summed E-state index contributed by atoms with van der Waals surface area (Å²) in [5.41, 5.74) is 2.78. The van der Waals surface area contributed by atoms with E-state index in [9.17, 15) is 9.59 Å². The third-order valence-corrected chi connectivity index (χ3v) is 4.05. The van der Waals surface area contributed by atoms with E-state index in [-0.39, 0.29) is 11.3 Å². The lowest BCUT2D eigenvalue weighted by Crippen LogP contribution is -2.27. The highest BCUT2D eigenvalue weighted by atomic mass is 16.6. The zero-order chi connectivity index (χ0) is 18.7. The third-order valence-electron chi connectivity index (χ3n) is 4.05. The van der Waals surface area contributed by atoms with Crippen LogP contribution in [-0.4, -0.2) is 29.7 Å². The van der Waals surface area contributed by atoms with Gasteiger partial charge in [-0.05, 0) is 24.6 Å². The molecular weight excluding hydrogens is 328 g/mol. The molecule has 0 aliphatic heterocycles. The molecule has 3 aromatic rings. The van der Waals surface area contributed by atoms with Crippen molar-refractivity contribution in [2.75, 3.05) is 14.1 Å². The highest BCUT2D eigenvalue weighted by Gasteiger charge is 2.19. The van der Waals surface area contributed by atoms with Crippen LogP contribution >= 0.6 is 0 Å². The Bertz CT molecular complexity index is 977. The maximum Gasteiger partial charge on any atom is 0.414 e. The average molecular weight is 348 g/mol. The maximum absolute atomic E-state index is 12.9. The van der Waals surface area contributed by atoms with Gasteiger partial charge in [0.05, 0.1) is 5.69 Å². The standard InChI is InChI=1S/C21H20N2O3/c1-15-18(26-21(25)22(2)3)14-19(24)23(17-12-8-5-9-13-17)20(15)16-10-6-4-7-11-16/h4-14H,1-3H3. The molecule has 0 bridgehead atoms. The fourth-order valence-corrected chi connectivity index (χ4v) is 2.75. The Morgan fingerprint density at radius 1 is 0.962 bits per heavy atom. The van der Waals surface area contributed by atoms with Crippen LogP contribution in [0, 0.1) is 6.92 Å². The summed E-state index contributed by atoms with van der Waals surface area (Å²) in [7, 11) is 3.20. The van der Waals surface area contributed by atoms with Crippen molar-refractivity contribution in [1.82, 2.24) is 9.47 Å². The Labute approximate surface area is 152 Å². The van der Waals surface area contributed by atoms with E-state index in [4.69, 9.17) is 4.74 Å². The van der Waals surface area contributed by atoms with E-state index in [0.717, 1.165) is 16.8 Å². The summed E-state index contributed by atoms with van der Waals surface area (Å²) in [4.78, 5) is 26.2. The van der Waals surface area contributed by atoms with Gasteiger partial charge in [0.25, 0.3) is 5.56 Å². The number of hydrogen-bond acceptors (Lipinski definition) is 3. The molecule has 1 amide bonds. The van der Waals surface area contributed by atoms with Crippen molar-refractivity contribution in [2.24, 2.45) is 0 Å². The molecule has 0 aliphatic carbocycles. The first kappa shape index (κ1) is 17.5. The molecule has 3 rings (SSSR count). The molecule has 0 unspecified atom stereocenters. The van der Waals surface area contributed by atoms with E-state index < -0.39 is 6.09 Å². The highest BCUT2D eigenvalue weighted by Crippen LogP contribution is 2.30. The minimum absolute atomic E-state index is 0.262. The summed E-state index contributed by atoms with van der Waals surface area (Å²) < 4.78 is 7.05. The predicted molar refractivity (Wildman–Crippen MR) is 102 cm³/mol. The monoisotopic (exact) mass is 348 g/mol. The minimum Gasteiger partial charge on any atom is -0.410 e. The minimum atomic E-state index is -0.524. The fraction of sp³-hybridized carbons (Fsp3) is 0.143. The van der Waals surface area contributed by atoms with Gasteiger partial charge in [-0.2, -0.15) is 0 Å². The molecular formula is C21H20N2O3. The van der Waals surface area contributed by atoms with E-state index in [1.165, 1.54) is 11.0 Å². The number of rotatable bonds is 3. The van der Waals surface area contributed by atoms with Crippen LogP contribution in [0.1, 0.15) is 5.56 Å². The number of amides is 1. The van der Waals surface area contributed by atoms with E-state index in [0.29, 0.717) is 5.69 Å². The quantitative estimate of drug-likeness (QED) is 0.722. The molecule has 0 fully saturated rings. The van der Waals surface area contributed by atoms with Gasteiger partial charge >= 0.3 is 6.09 Å². The second-order valence-electron chi connectivity index (χ2n) is 6.12. The van der Waals surface area contributed by atoms with Crippen LogP contribution in [0.4, 0.5) is 4.79 Å². The molecule has 5 nitrogen and oxygen atoms in total. The van der Waals surface area contributed by atoms with Crippen molar-refractivity contribution in [2.45, 2.75) is 6.92 Å². The first-order valence-electron chi connectivity index (χ1n) is 8.25. The molecule has 0 radical (unpaired) electrons. The van der Waals surface area contributed by atoms with Crippen LogP contribution in [0.15, 0.2) is 71.5 Å². The number of aromatic nitrogens is 1. The SMILES string of the molecule is Cc1c(OC(=O)N(C)C)cc(=O)n(-c2ccccc2)c1-c1ccccc1. The number of carbonyl (C=O) groups excluding carboxylic acids is 1. The Morgan fingerprint density at radius 2 is 1.54 bits per heavy atom. The smallest absolute Gasteiger partial charge is 0.410 e. The van der Waals surface area contributed by atoms with Gasteiger partial charge in [0.15, 0.2) is 0 Å². The van der Waals surface area contributed by atoms with Crippen LogP contribution in [-0.2, 0) is 0 Å². The molecule has 132 valence electrons. The van der Waals surface area contributed by atoms with E-state index in [2.05, 4.69) is 0 Å². The van der Waals surface area contributed by atoms with Crippen molar-refractivity contribution >= 4 is 6.09 Å². The largest absolute Gasteiger partial charge is 0.414 e. The second kappa shape index (κ2) is 7.27. The van der Waals surface area contributed by atoms with Crippen molar-refractivity contribution in [3.63, 3.8) is 0 Å². The van der Waals surface area contributed by atoms with Gasteiger partial charge in [0.2, 0.25) is 0 Å². The molecule has 1 aromatic heterocycles. The van der Waals surface area contributed by atoms with Gasteiger partial charge in [-0.3, -0.25) is 9.36 Å². The van der Waals surface area contributed by atoms with E-state index in [1.807, 2.05) is 67.6 Å². The number of nitrogens with zero attached hydrogens (tertiary/aromatic N) is 2. The highest BCUT2D eigenvalue weighted by molar-refractivity contribution is 5.74. The number of carbonyl (C=O) groups is 1. The Hall–Kier alpha value is -3.34. The second-order valence-corrected chi connectivity index (χ2v) is 6.12. The molecule has 0 aliphatic rings. The molecule has 0 N–H and O–H groups in total. The van der Waals surface area contributed by atoms with Crippen LogP contribution in [0.25, 0.3) is 16.9 Å². The van der Waals surface area contributed by atoms with Crippen molar-refractivity contribution in [3.8, 4) is 22.7 Å². The average Bonchev–Trinajstić information content (AvgIpc) is 2.65. The van der Waals surface area contributed by atoms with Crippen LogP contribution in [0.2, 0.25) is 0 Å². The summed E-state index contributed by atoms with van der Waals surface area (Å²) in [6, 6.07) is 20.4. The maximum atomic E-state index is 12.9. The van der Waals surface area contributed by atoms with Gasteiger partial charge in [-0.1, -0.05) is 48.5 Å². The molecule has 26 heavy (non-hydrogen) atoms. The molecule has 0 saturated carbocycles. The van der Waals surface area contributed by atoms with Crippen molar-refractivity contribution < 1.29 is 9.53 Å². The Balaban J connectivity index is 2.28. The Kier molecular flexibility index (Phi) is 4.89. The van der Waals surface area contributed by atoms with E-state index >= 15 is 0 Å². The van der Waals surface area contributed by atoms with Gasteiger partial charge in [0, 0.05) is 31.4 Å².